The maximum Gasteiger partial charge on any atom is 0.272 e. The van der Waals surface area contributed by atoms with Crippen LogP contribution in [0, 0.1) is 6.92 Å². The molecule has 0 atom stereocenters. The number of hydrogen-bond donors (Lipinski definition) is 1. The van der Waals surface area contributed by atoms with Crippen molar-refractivity contribution in [1.82, 2.24) is 14.6 Å². The Morgan fingerprint density at radius 1 is 1.67 bits per heavy atom. The van der Waals surface area contributed by atoms with Crippen LogP contribution in [0.3, 0.4) is 0 Å². The smallest absolute Gasteiger partial charge is 0.272 e. The number of aromatic nitrogens is 3. The molecule has 4 nitrogen and oxygen atoms in total. The minimum absolute atomic E-state index is 0.0943. The van der Waals surface area contributed by atoms with Gasteiger partial charge in [0.05, 0.1) is 4.47 Å². The molecule has 0 aliphatic heterocycles. The number of aromatic amines is 1. The molecule has 2 heterocycles. The molecule has 0 spiro atoms. The molecule has 12 heavy (non-hydrogen) atoms. The quantitative estimate of drug-likeness (QED) is 0.733. The molecule has 0 aliphatic rings. The summed E-state index contributed by atoms with van der Waals surface area (Å²) in [5.74, 6) is 0. The maximum atomic E-state index is 11.3. The predicted octanol–water partition coefficient (Wildman–Crippen LogP) is 1.09. The van der Waals surface area contributed by atoms with E-state index < -0.39 is 0 Å². The third-order valence-corrected chi connectivity index (χ3v) is 2.16. The SMILES string of the molecule is Cc1cc(=O)n2[nH]cc(Br)c2n1. The van der Waals surface area contributed by atoms with Gasteiger partial charge >= 0.3 is 0 Å². The molecular formula is C7H6BrN3O. The molecule has 0 amide bonds. The summed E-state index contributed by atoms with van der Waals surface area (Å²) in [4.78, 5) is 15.5. The Morgan fingerprint density at radius 2 is 2.42 bits per heavy atom. The number of rotatable bonds is 0. The van der Waals surface area contributed by atoms with E-state index in [0.29, 0.717) is 5.65 Å². The zero-order valence-electron chi connectivity index (χ0n) is 6.34. The second-order valence-electron chi connectivity index (χ2n) is 2.52. The molecule has 0 saturated heterocycles. The summed E-state index contributed by atoms with van der Waals surface area (Å²) in [6.45, 7) is 1.79. The van der Waals surface area contributed by atoms with Gasteiger partial charge in [0.15, 0.2) is 5.65 Å². The zero-order chi connectivity index (χ0) is 8.72. The average molecular weight is 228 g/mol. The minimum atomic E-state index is -0.0943. The molecule has 2 aromatic rings. The Hall–Kier alpha value is -1.10. The molecule has 0 unspecified atom stereocenters. The Bertz CT molecular complexity index is 485. The molecule has 0 saturated carbocycles. The van der Waals surface area contributed by atoms with Gasteiger partial charge in [0.2, 0.25) is 0 Å². The van der Waals surface area contributed by atoms with Crippen LogP contribution < -0.4 is 5.56 Å². The van der Waals surface area contributed by atoms with Crippen molar-refractivity contribution in [2.24, 2.45) is 0 Å². The third-order valence-electron chi connectivity index (χ3n) is 1.58. The second kappa shape index (κ2) is 2.45. The molecule has 0 bridgehead atoms. The normalized spacial score (nSPS) is 10.8. The lowest BCUT2D eigenvalue weighted by Gasteiger charge is -1.93. The standard InChI is InChI=1S/C7H6BrN3O/c1-4-2-6(12)11-7(10-4)5(8)3-9-11/h2-3,9H,1H3. The van der Waals surface area contributed by atoms with Crippen LogP contribution in [-0.2, 0) is 0 Å². The summed E-state index contributed by atoms with van der Waals surface area (Å²) >= 11 is 3.28. The lowest BCUT2D eigenvalue weighted by atomic mass is 10.4. The molecule has 2 aromatic heterocycles. The van der Waals surface area contributed by atoms with Crippen LogP contribution in [0.25, 0.3) is 5.65 Å². The lowest BCUT2D eigenvalue weighted by molar-refractivity contribution is 0.890. The maximum absolute atomic E-state index is 11.3. The van der Waals surface area contributed by atoms with Gasteiger partial charge in [0, 0.05) is 18.0 Å². The van der Waals surface area contributed by atoms with Crippen molar-refractivity contribution in [3.8, 4) is 0 Å². The molecule has 0 aliphatic carbocycles. The number of H-pyrrole nitrogens is 1. The summed E-state index contributed by atoms with van der Waals surface area (Å²) in [5, 5.41) is 2.78. The van der Waals surface area contributed by atoms with Crippen molar-refractivity contribution < 1.29 is 0 Å². The van der Waals surface area contributed by atoms with Crippen LogP contribution in [0.1, 0.15) is 5.69 Å². The Labute approximate surface area is 76.4 Å². The van der Waals surface area contributed by atoms with Crippen molar-refractivity contribution in [3.63, 3.8) is 0 Å². The molecule has 5 heteroatoms. The Kier molecular flexibility index (Phi) is 1.54. The molecule has 1 N–H and O–H groups in total. The monoisotopic (exact) mass is 227 g/mol. The highest BCUT2D eigenvalue weighted by atomic mass is 79.9. The molecule has 62 valence electrons. The van der Waals surface area contributed by atoms with Gasteiger partial charge < -0.3 is 0 Å². The van der Waals surface area contributed by atoms with Crippen molar-refractivity contribution in [2.45, 2.75) is 6.92 Å². The highest BCUT2D eigenvalue weighted by Gasteiger charge is 2.03. The van der Waals surface area contributed by atoms with E-state index in [0.717, 1.165) is 10.2 Å². The topological polar surface area (TPSA) is 50.2 Å². The first-order valence-electron chi connectivity index (χ1n) is 3.42. The summed E-state index contributed by atoms with van der Waals surface area (Å²) in [7, 11) is 0. The van der Waals surface area contributed by atoms with Gasteiger partial charge in [-0.1, -0.05) is 0 Å². The van der Waals surface area contributed by atoms with E-state index in [9.17, 15) is 4.79 Å². The van der Waals surface area contributed by atoms with Crippen LogP contribution in [0.5, 0.6) is 0 Å². The summed E-state index contributed by atoms with van der Waals surface area (Å²) < 4.78 is 2.18. The highest BCUT2D eigenvalue weighted by Crippen LogP contribution is 2.12. The first-order valence-corrected chi connectivity index (χ1v) is 4.21. The van der Waals surface area contributed by atoms with E-state index in [2.05, 4.69) is 26.0 Å². The van der Waals surface area contributed by atoms with Crippen LogP contribution in [0.15, 0.2) is 21.5 Å². The van der Waals surface area contributed by atoms with E-state index in [1.165, 1.54) is 10.6 Å². The fourth-order valence-corrected chi connectivity index (χ4v) is 1.44. The fraction of sp³-hybridized carbons (Fsp3) is 0.143. The summed E-state index contributed by atoms with van der Waals surface area (Å²) in [5.41, 5.74) is 1.25. The highest BCUT2D eigenvalue weighted by molar-refractivity contribution is 9.10. The van der Waals surface area contributed by atoms with Crippen molar-refractivity contribution >= 4 is 21.6 Å². The predicted molar refractivity (Wildman–Crippen MR) is 48.2 cm³/mol. The fourth-order valence-electron chi connectivity index (χ4n) is 1.07. The van der Waals surface area contributed by atoms with E-state index in [-0.39, 0.29) is 5.56 Å². The van der Waals surface area contributed by atoms with Gasteiger partial charge in [-0.15, -0.1) is 0 Å². The van der Waals surface area contributed by atoms with Gasteiger partial charge in [-0.2, -0.15) is 0 Å². The molecular weight excluding hydrogens is 222 g/mol. The zero-order valence-corrected chi connectivity index (χ0v) is 7.92. The Morgan fingerprint density at radius 3 is 3.17 bits per heavy atom. The first kappa shape index (κ1) is 7.54. The Balaban J connectivity index is 3.03. The van der Waals surface area contributed by atoms with Crippen LogP contribution in [0.2, 0.25) is 0 Å². The largest absolute Gasteiger partial charge is 0.296 e. The number of aryl methyl sites for hydroxylation is 1. The van der Waals surface area contributed by atoms with E-state index in [1.54, 1.807) is 13.1 Å². The lowest BCUT2D eigenvalue weighted by Crippen LogP contribution is -2.14. The minimum Gasteiger partial charge on any atom is -0.296 e. The van der Waals surface area contributed by atoms with Crippen LogP contribution in [0.4, 0.5) is 0 Å². The average Bonchev–Trinajstić information content (AvgIpc) is 2.33. The molecule has 0 radical (unpaired) electrons. The van der Waals surface area contributed by atoms with Gasteiger partial charge in [0.1, 0.15) is 0 Å². The van der Waals surface area contributed by atoms with E-state index in [4.69, 9.17) is 0 Å². The van der Waals surface area contributed by atoms with Gasteiger partial charge in [-0.3, -0.25) is 9.89 Å². The molecule has 0 fully saturated rings. The van der Waals surface area contributed by atoms with Crippen molar-refractivity contribution in [3.05, 3.63) is 32.8 Å². The number of hydrogen-bond acceptors (Lipinski definition) is 2. The van der Waals surface area contributed by atoms with Crippen LogP contribution >= 0.6 is 15.9 Å². The number of halogens is 1. The van der Waals surface area contributed by atoms with Crippen molar-refractivity contribution in [1.29, 1.82) is 0 Å². The molecule has 0 aromatic carbocycles. The van der Waals surface area contributed by atoms with E-state index >= 15 is 0 Å². The molecule has 2 rings (SSSR count). The van der Waals surface area contributed by atoms with Gasteiger partial charge in [-0.25, -0.2) is 9.50 Å². The number of nitrogens with zero attached hydrogens (tertiary/aromatic N) is 2. The van der Waals surface area contributed by atoms with E-state index in [1.807, 2.05) is 0 Å². The summed E-state index contributed by atoms with van der Waals surface area (Å²) in [6.07, 6.45) is 1.68. The van der Waals surface area contributed by atoms with Crippen LogP contribution in [-0.4, -0.2) is 14.6 Å². The van der Waals surface area contributed by atoms with Crippen molar-refractivity contribution in [2.75, 3.05) is 0 Å². The number of nitrogens with one attached hydrogen (secondary N) is 1. The van der Waals surface area contributed by atoms with Gasteiger partial charge in [-0.05, 0) is 22.9 Å². The third kappa shape index (κ3) is 0.972. The summed E-state index contributed by atoms with van der Waals surface area (Å²) in [6, 6.07) is 1.48. The first-order chi connectivity index (χ1) is 5.68. The number of fused-ring (bicyclic) bond motifs is 1. The second-order valence-corrected chi connectivity index (χ2v) is 3.37. The van der Waals surface area contributed by atoms with Gasteiger partial charge in [0.25, 0.3) is 5.56 Å².